The third kappa shape index (κ3) is 5.84. The van der Waals surface area contributed by atoms with E-state index < -0.39 is 0 Å². The zero-order valence-corrected chi connectivity index (χ0v) is 19.2. The number of benzene rings is 3. The molecule has 1 aliphatic rings. The lowest BCUT2D eigenvalue weighted by atomic mass is 10.1. The summed E-state index contributed by atoms with van der Waals surface area (Å²) in [7, 11) is 0. The monoisotopic (exact) mass is 459 g/mol. The smallest absolute Gasteiger partial charge is 0.293 e. The van der Waals surface area contributed by atoms with E-state index in [0.29, 0.717) is 42.6 Å². The summed E-state index contributed by atoms with van der Waals surface area (Å²) in [5, 5.41) is -0.241. The zero-order chi connectivity index (χ0) is 23.0. The number of imide groups is 1. The molecule has 1 heterocycles. The largest absolute Gasteiger partial charge is 0.490 e. The van der Waals surface area contributed by atoms with Crippen LogP contribution in [0.3, 0.4) is 0 Å². The third-order valence-electron chi connectivity index (χ3n) is 5.14. The van der Waals surface area contributed by atoms with Gasteiger partial charge in [-0.3, -0.25) is 14.5 Å². The summed E-state index contributed by atoms with van der Waals surface area (Å²) in [4.78, 5) is 27.0. The molecule has 4 rings (SSSR count). The molecule has 0 spiro atoms. The predicted molar refractivity (Wildman–Crippen MR) is 131 cm³/mol. The molecule has 0 aliphatic carbocycles. The Kier molecular flexibility index (Phi) is 7.47. The van der Waals surface area contributed by atoms with E-state index in [-0.39, 0.29) is 11.1 Å². The molecule has 3 aromatic rings. The Morgan fingerprint density at radius 1 is 0.848 bits per heavy atom. The lowest BCUT2D eigenvalue weighted by molar-refractivity contribution is -0.122. The maximum absolute atomic E-state index is 12.8. The first-order valence-electron chi connectivity index (χ1n) is 10.9. The van der Waals surface area contributed by atoms with Gasteiger partial charge in [-0.05, 0) is 60.0 Å². The number of hydrogen-bond acceptors (Lipinski definition) is 5. The summed E-state index contributed by atoms with van der Waals surface area (Å²) in [6.07, 6.45) is 2.37. The number of amides is 2. The van der Waals surface area contributed by atoms with Crippen LogP contribution in [-0.4, -0.2) is 29.2 Å². The first-order valence-corrected chi connectivity index (χ1v) is 11.7. The molecule has 6 heteroatoms. The fourth-order valence-electron chi connectivity index (χ4n) is 3.47. The van der Waals surface area contributed by atoms with E-state index in [2.05, 4.69) is 0 Å². The van der Waals surface area contributed by atoms with Crippen LogP contribution in [0, 0.1) is 0 Å². The van der Waals surface area contributed by atoms with Gasteiger partial charge in [0.25, 0.3) is 11.1 Å². The fraction of sp³-hybridized carbons (Fsp3) is 0.185. The van der Waals surface area contributed by atoms with Gasteiger partial charge in [-0.1, -0.05) is 66.7 Å². The van der Waals surface area contributed by atoms with Gasteiger partial charge in [-0.2, -0.15) is 0 Å². The number of ether oxygens (including phenoxy) is 2. The second kappa shape index (κ2) is 10.9. The maximum Gasteiger partial charge on any atom is 0.293 e. The quantitative estimate of drug-likeness (QED) is 0.371. The van der Waals surface area contributed by atoms with Crippen LogP contribution in [0.2, 0.25) is 0 Å². The minimum Gasteiger partial charge on any atom is -0.490 e. The van der Waals surface area contributed by atoms with Crippen molar-refractivity contribution in [2.24, 2.45) is 0 Å². The minimum absolute atomic E-state index is 0.241. The van der Waals surface area contributed by atoms with Crippen molar-refractivity contribution in [3.05, 3.63) is 100 Å². The Morgan fingerprint density at radius 2 is 1.55 bits per heavy atom. The van der Waals surface area contributed by atoms with Crippen LogP contribution in [0.4, 0.5) is 4.79 Å². The summed E-state index contributed by atoms with van der Waals surface area (Å²) in [6, 6.07) is 25.3. The van der Waals surface area contributed by atoms with E-state index in [1.807, 2.05) is 85.8 Å². The second-order valence-corrected chi connectivity index (χ2v) is 8.48. The normalized spacial score (nSPS) is 14.7. The summed E-state index contributed by atoms with van der Waals surface area (Å²) in [5.74, 6) is 0.975. The molecule has 1 aliphatic heterocycles. The van der Waals surface area contributed by atoms with Crippen molar-refractivity contribution >= 4 is 29.0 Å². The Balaban J connectivity index is 1.46. The molecule has 5 nitrogen and oxygen atoms in total. The van der Waals surface area contributed by atoms with Crippen molar-refractivity contribution in [3.63, 3.8) is 0 Å². The lowest BCUT2D eigenvalue weighted by Gasteiger charge is -2.13. The summed E-state index contributed by atoms with van der Waals surface area (Å²) in [5.41, 5.74) is 2.93. The van der Waals surface area contributed by atoms with Gasteiger partial charge in [-0.25, -0.2) is 0 Å². The molecule has 168 valence electrons. The molecule has 0 bridgehead atoms. The highest BCUT2D eigenvalue weighted by Gasteiger charge is 2.34. The van der Waals surface area contributed by atoms with Crippen LogP contribution in [0.15, 0.2) is 83.8 Å². The highest BCUT2D eigenvalue weighted by molar-refractivity contribution is 8.18. The Hall–Kier alpha value is -3.51. The topological polar surface area (TPSA) is 55.8 Å². The maximum atomic E-state index is 12.8. The summed E-state index contributed by atoms with van der Waals surface area (Å²) >= 11 is 0.969. The molecule has 0 N–H and O–H groups in total. The van der Waals surface area contributed by atoms with Crippen molar-refractivity contribution in [2.75, 3.05) is 13.2 Å². The Morgan fingerprint density at radius 3 is 2.24 bits per heavy atom. The SMILES string of the molecule is CCOc1cc(/C=C2\SC(=O)N(CCc3ccccc3)C2=O)ccc1OCc1ccccc1. The van der Waals surface area contributed by atoms with Crippen LogP contribution >= 0.6 is 11.8 Å². The van der Waals surface area contributed by atoms with E-state index in [1.54, 1.807) is 6.08 Å². The Bertz CT molecular complexity index is 1150. The van der Waals surface area contributed by atoms with Crippen molar-refractivity contribution in [2.45, 2.75) is 20.0 Å². The molecule has 0 aromatic heterocycles. The van der Waals surface area contributed by atoms with Crippen molar-refractivity contribution in [1.29, 1.82) is 0 Å². The molecule has 0 unspecified atom stereocenters. The standard InChI is InChI=1S/C27H25NO4S/c1-2-31-24-17-22(13-14-23(24)32-19-21-11-7-4-8-12-21)18-25-26(29)28(27(30)33-25)16-15-20-9-5-3-6-10-20/h3-14,17-18H,2,15-16,19H2,1H3/b25-18-. The molecule has 0 radical (unpaired) electrons. The van der Waals surface area contributed by atoms with Gasteiger partial charge in [0.1, 0.15) is 6.61 Å². The van der Waals surface area contributed by atoms with Gasteiger partial charge in [0, 0.05) is 6.54 Å². The first kappa shape index (κ1) is 22.7. The number of hydrogen-bond donors (Lipinski definition) is 0. The average molecular weight is 460 g/mol. The van der Waals surface area contributed by atoms with Gasteiger partial charge in [0.05, 0.1) is 11.5 Å². The molecule has 1 saturated heterocycles. The number of carbonyl (C=O) groups is 2. The predicted octanol–water partition coefficient (Wildman–Crippen LogP) is 5.94. The highest BCUT2D eigenvalue weighted by atomic mass is 32.2. The fourth-order valence-corrected chi connectivity index (χ4v) is 4.33. The molecule has 1 fully saturated rings. The summed E-state index contributed by atoms with van der Waals surface area (Å²) in [6.45, 7) is 3.19. The molecule has 0 saturated carbocycles. The number of thioether (sulfide) groups is 1. The van der Waals surface area contributed by atoms with E-state index >= 15 is 0 Å². The van der Waals surface area contributed by atoms with Gasteiger partial charge in [0.15, 0.2) is 11.5 Å². The van der Waals surface area contributed by atoms with Crippen molar-refractivity contribution in [1.82, 2.24) is 4.90 Å². The van der Waals surface area contributed by atoms with E-state index in [9.17, 15) is 9.59 Å². The van der Waals surface area contributed by atoms with Gasteiger partial charge in [0.2, 0.25) is 0 Å². The lowest BCUT2D eigenvalue weighted by Crippen LogP contribution is -2.30. The second-order valence-electron chi connectivity index (χ2n) is 7.48. The van der Waals surface area contributed by atoms with Crippen LogP contribution < -0.4 is 9.47 Å². The van der Waals surface area contributed by atoms with E-state index in [4.69, 9.17) is 9.47 Å². The highest BCUT2D eigenvalue weighted by Crippen LogP contribution is 2.35. The molecular formula is C27H25NO4S. The minimum atomic E-state index is -0.261. The molecular weight excluding hydrogens is 434 g/mol. The van der Waals surface area contributed by atoms with Gasteiger partial charge in [-0.15, -0.1) is 0 Å². The number of rotatable bonds is 9. The summed E-state index contributed by atoms with van der Waals surface area (Å²) < 4.78 is 11.7. The van der Waals surface area contributed by atoms with Crippen LogP contribution in [-0.2, 0) is 17.8 Å². The zero-order valence-electron chi connectivity index (χ0n) is 18.4. The molecule has 2 amide bonds. The van der Waals surface area contributed by atoms with Crippen LogP contribution in [0.1, 0.15) is 23.6 Å². The molecule has 33 heavy (non-hydrogen) atoms. The average Bonchev–Trinajstić information content (AvgIpc) is 3.10. The number of nitrogens with zero attached hydrogens (tertiary/aromatic N) is 1. The molecule has 3 aromatic carbocycles. The van der Waals surface area contributed by atoms with Crippen molar-refractivity contribution in [3.8, 4) is 11.5 Å². The van der Waals surface area contributed by atoms with E-state index in [1.165, 1.54) is 4.90 Å². The Labute approximate surface area is 198 Å². The third-order valence-corrected chi connectivity index (χ3v) is 6.05. The number of carbonyl (C=O) groups excluding carboxylic acids is 2. The first-order chi connectivity index (χ1) is 16.1. The van der Waals surface area contributed by atoms with E-state index in [0.717, 1.165) is 28.5 Å². The van der Waals surface area contributed by atoms with Crippen LogP contribution in [0.25, 0.3) is 6.08 Å². The van der Waals surface area contributed by atoms with Crippen molar-refractivity contribution < 1.29 is 19.1 Å². The van der Waals surface area contributed by atoms with Crippen LogP contribution in [0.5, 0.6) is 11.5 Å². The van der Waals surface area contributed by atoms with Gasteiger partial charge < -0.3 is 9.47 Å². The molecule has 0 atom stereocenters. The van der Waals surface area contributed by atoms with Gasteiger partial charge >= 0.3 is 0 Å².